The third kappa shape index (κ3) is 3.03. The van der Waals surface area contributed by atoms with E-state index in [-0.39, 0.29) is 18.9 Å². The van der Waals surface area contributed by atoms with Gasteiger partial charge in [-0.2, -0.15) is 0 Å². The average molecular weight is 399 g/mol. The fraction of sp³-hybridized carbons (Fsp3) is 0.200. The number of anilines is 1. The quantitative estimate of drug-likeness (QED) is 0.682. The van der Waals surface area contributed by atoms with E-state index in [1.807, 2.05) is 48.5 Å². The molecule has 5 rings (SSSR count). The summed E-state index contributed by atoms with van der Waals surface area (Å²) in [5.74, 6) is -0.957. The lowest BCUT2D eigenvalue weighted by Crippen LogP contribution is -2.40. The molecule has 5 heteroatoms. The molecule has 0 aromatic heterocycles. The second kappa shape index (κ2) is 7.34. The van der Waals surface area contributed by atoms with Crippen molar-refractivity contribution >= 4 is 17.7 Å². The Labute approximate surface area is 174 Å². The molecule has 1 atom stereocenters. The van der Waals surface area contributed by atoms with Crippen LogP contribution in [0.3, 0.4) is 0 Å². The number of aliphatic carboxylic acids is 1. The van der Waals surface area contributed by atoms with Gasteiger partial charge in [0.25, 0.3) is 0 Å². The molecule has 1 amide bonds. The first-order valence-corrected chi connectivity index (χ1v) is 10.1. The van der Waals surface area contributed by atoms with Crippen LogP contribution < -0.4 is 4.90 Å². The van der Waals surface area contributed by atoms with Crippen molar-refractivity contribution in [1.82, 2.24) is 0 Å². The van der Waals surface area contributed by atoms with Gasteiger partial charge in [-0.3, -0.25) is 9.69 Å². The van der Waals surface area contributed by atoms with Crippen molar-refractivity contribution in [2.45, 2.75) is 24.8 Å². The number of benzene rings is 3. The molecular formula is C25H21NO4. The fourth-order valence-corrected chi connectivity index (χ4v) is 4.74. The fourth-order valence-electron chi connectivity index (χ4n) is 4.74. The van der Waals surface area contributed by atoms with Gasteiger partial charge in [0, 0.05) is 5.92 Å². The normalized spacial score (nSPS) is 16.7. The number of amides is 1. The summed E-state index contributed by atoms with van der Waals surface area (Å²) in [6.45, 7) is 0.214. The Balaban J connectivity index is 1.40. The van der Waals surface area contributed by atoms with Gasteiger partial charge >= 0.3 is 12.1 Å². The number of carbonyl (C=O) groups is 2. The van der Waals surface area contributed by atoms with Crippen molar-refractivity contribution in [2.24, 2.45) is 0 Å². The number of fused-ring (bicyclic) bond motifs is 4. The first-order valence-electron chi connectivity index (χ1n) is 10.1. The highest BCUT2D eigenvalue weighted by Crippen LogP contribution is 2.44. The molecule has 0 radical (unpaired) electrons. The summed E-state index contributed by atoms with van der Waals surface area (Å²) in [7, 11) is 0. The van der Waals surface area contributed by atoms with Crippen LogP contribution in [0.25, 0.3) is 11.1 Å². The van der Waals surface area contributed by atoms with Gasteiger partial charge in [0.05, 0.1) is 18.2 Å². The minimum absolute atomic E-state index is 0.0304. The van der Waals surface area contributed by atoms with Gasteiger partial charge in [-0.15, -0.1) is 0 Å². The third-order valence-electron chi connectivity index (χ3n) is 6.01. The molecule has 3 aromatic rings. The van der Waals surface area contributed by atoms with Crippen LogP contribution in [-0.2, 0) is 16.0 Å². The Morgan fingerprint density at radius 2 is 1.50 bits per heavy atom. The van der Waals surface area contributed by atoms with E-state index >= 15 is 0 Å². The summed E-state index contributed by atoms with van der Waals surface area (Å²) in [5, 5.41) is 9.29. The molecule has 1 aliphatic heterocycles. The largest absolute Gasteiger partial charge is 0.481 e. The summed E-state index contributed by atoms with van der Waals surface area (Å²) in [6, 6.07) is 23.5. The van der Waals surface area contributed by atoms with E-state index in [1.54, 1.807) is 0 Å². The van der Waals surface area contributed by atoms with Crippen molar-refractivity contribution < 1.29 is 19.4 Å². The molecule has 0 unspecified atom stereocenters. The Morgan fingerprint density at radius 1 is 0.900 bits per heavy atom. The first kappa shape index (κ1) is 18.4. The summed E-state index contributed by atoms with van der Waals surface area (Å²) in [4.78, 5) is 25.9. The van der Waals surface area contributed by atoms with Crippen molar-refractivity contribution in [3.05, 3.63) is 89.5 Å². The van der Waals surface area contributed by atoms with Crippen molar-refractivity contribution in [3.8, 4) is 11.1 Å². The minimum atomic E-state index is -0.927. The van der Waals surface area contributed by atoms with Gasteiger partial charge in [0.1, 0.15) is 6.61 Å². The third-order valence-corrected chi connectivity index (χ3v) is 6.01. The molecule has 0 saturated heterocycles. The summed E-state index contributed by atoms with van der Waals surface area (Å²) in [5.41, 5.74) is 6.35. The Hall–Kier alpha value is -3.60. The highest BCUT2D eigenvalue weighted by molar-refractivity contribution is 5.92. The predicted molar refractivity (Wildman–Crippen MR) is 114 cm³/mol. The molecule has 5 nitrogen and oxygen atoms in total. The maximum Gasteiger partial charge on any atom is 0.414 e. The van der Waals surface area contributed by atoms with Crippen molar-refractivity contribution in [3.63, 3.8) is 0 Å². The lowest BCUT2D eigenvalue weighted by Gasteiger charge is -2.25. The Morgan fingerprint density at radius 3 is 2.17 bits per heavy atom. The van der Waals surface area contributed by atoms with E-state index in [2.05, 4.69) is 24.3 Å². The van der Waals surface area contributed by atoms with Crippen molar-refractivity contribution in [2.75, 3.05) is 11.5 Å². The van der Waals surface area contributed by atoms with Crippen LogP contribution in [0.4, 0.5) is 10.5 Å². The highest BCUT2D eigenvalue weighted by atomic mass is 16.6. The first-order chi connectivity index (χ1) is 14.6. The zero-order valence-corrected chi connectivity index (χ0v) is 16.3. The molecule has 150 valence electrons. The van der Waals surface area contributed by atoms with Gasteiger partial charge in [-0.05, 0) is 40.3 Å². The topological polar surface area (TPSA) is 66.8 Å². The zero-order chi connectivity index (χ0) is 20.7. The Kier molecular flexibility index (Phi) is 4.51. The van der Waals surface area contributed by atoms with Crippen LogP contribution in [-0.4, -0.2) is 29.8 Å². The Bertz CT molecular complexity index is 1090. The molecule has 0 saturated carbocycles. The molecule has 1 aliphatic carbocycles. The minimum Gasteiger partial charge on any atom is -0.481 e. The van der Waals surface area contributed by atoms with Crippen LogP contribution >= 0.6 is 0 Å². The SMILES string of the molecule is O=C(O)C[C@H]1Cc2ccccc2N1C(=O)OCC1c2ccccc2-c2ccccc21. The number of nitrogens with zero attached hydrogens (tertiary/aromatic N) is 1. The van der Waals surface area contributed by atoms with E-state index in [4.69, 9.17) is 4.74 Å². The number of carbonyl (C=O) groups excluding carboxylic acids is 1. The van der Waals surface area contributed by atoms with Crippen LogP contribution in [0.5, 0.6) is 0 Å². The summed E-state index contributed by atoms with van der Waals surface area (Å²) >= 11 is 0. The monoisotopic (exact) mass is 399 g/mol. The summed E-state index contributed by atoms with van der Waals surface area (Å²) < 4.78 is 5.79. The number of para-hydroxylation sites is 1. The van der Waals surface area contributed by atoms with Crippen molar-refractivity contribution in [1.29, 1.82) is 0 Å². The number of carboxylic acid groups (broad SMARTS) is 1. The zero-order valence-electron chi connectivity index (χ0n) is 16.3. The lowest BCUT2D eigenvalue weighted by atomic mass is 9.98. The van der Waals surface area contributed by atoms with Crippen LogP contribution in [0.15, 0.2) is 72.8 Å². The molecule has 3 aromatic carbocycles. The van der Waals surface area contributed by atoms with Crippen LogP contribution in [0.1, 0.15) is 29.0 Å². The number of hydrogen-bond donors (Lipinski definition) is 1. The standard InChI is InChI=1S/C25H21NO4/c27-24(28)14-17-13-16-7-1-6-12-23(16)26(17)25(29)30-15-22-20-10-4-2-8-18(20)19-9-3-5-11-21(19)22/h1-12,17,22H,13-15H2,(H,27,28)/t17-/m1/s1. The molecular weight excluding hydrogens is 378 g/mol. The molecule has 30 heavy (non-hydrogen) atoms. The molecule has 0 bridgehead atoms. The molecule has 0 spiro atoms. The maximum absolute atomic E-state index is 13.1. The second-order valence-electron chi connectivity index (χ2n) is 7.76. The van der Waals surface area contributed by atoms with Gasteiger partial charge in [0.15, 0.2) is 0 Å². The maximum atomic E-state index is 13.1. The second-order valence-corrected chi connectivity index (χ2v) is 7.76. The molecule has 1 N–H and O–H groups in total. The van der Waals surface area contributed by atoms with Gasteiger partial charge < -0.3 is 9.84 Å². The van der Waals surface area contributed by atoms with E-state index in [1.165, 1.54) is 16.0 Å². The van der Waals surface area contributed by atoms with E-state index in [0.29, 0.717) is 6.42 Å². The lowest BCUT2D eigenvalue weighted by molar-refractivity contribution is -0.137. The molecule has 1 heterocycles. The average Bonchev–Trinajstić information content (AvgIpc) is 3.27. The van der Waals surface area contributed by atoms with Crippen LogP contribution in [0.2, 0.25) is 0 Å². The van der Waals surface area contributed by atoms with Gasteiger partial charge in [-0.1, -0.05) is 66.7 Å². The van der Waals surface area contributed by atoms with E-state index in [0.717, 1.165) is 22.4 Å². The summed E-state index contributed by atoms with van der Waals surface area (Å²) in [6.07, 6.45) is -0.0843. The van der Waals surface area contributed by atoms with E-state index in [9.17, 15) is 14.7 Å². The smallest absolute Gasteiger partial charge is 0.414 e. The van der Waals surface area contributed by atoms with Crippen LogP contribution in [0, 0.1) is 0 Å². The van der Waals surface area contributed by atoms with E-state index < -0.39 is 18.1 Å². The van der Waals surface area contributed by atoms with Gasteiger partial charge in [0.2, 0.25) is 0 Å². The van der Waals surface area contributed by atoms with Gasteiger partial charge in [-0.25, -0.2) is 4.79 Å². The number of carboxylic acids is 1. The molecule has 0 fully saturated rings. The number of hydrogen-bond acceptors (Lipinski definition) is 3. The highest BCUT2D eigenvalue weighted by Gasteiger charge is 2.37. The predicted octanol–water partition coefficient (Wildman–Crippen LogP) is 4.84. The number of ether oxygens (including phenoxy) is 1. The number of rotatable bonds is 4. The molecule has 2 aliphatic rings.